The van der Waals surface area contributed by atoms with Crippen molar-refractivity contribution in [2.45, 2.75) is 26.6 Å². The highest BCUT2D eigenvalue weighted by molar-refractivity contribution is 7.19. The number of aliphatic hydroxyl groups excluding tert-OH is 1. The highest BCUT2D eigenvalue weighted by atomic mass is 32.1. The molecule has 6 nitrogen and oxygen atoms in total. The van der Waals surface area contributed by atoms with Gasteiger partial charge in [-0.05, 0) is 42.7 Å². The minimum atomic E-state index is -0.927. The zero-order valence-electron chi connectivity index (χ0n) is 16.0. The van der Waals surface area contributed by atoms with Crippen LogP contribution in [0.2, 0.25) is 0 Å². The zero-order chi connectivity index (χ0) is 20.5. The monoisotopic (exact) mass is 409 g/mol. The first-order valence-electron chi connectivity index (χ1n) is 9.08. The fourth-order valence-corrected chi connectivity index (χ4v) is 4.23. The number of nitrogen functional groups attached to an aromatic ring is 1. The third-order valence-electron chi connectivity index (χ3n) is 4.94. The lowest BCUT2D eigenvalue weighted by atomic mass is 10.1. The number of hydrogen-bond donors (Lipinski definition) is 3. The summed E-state index contributed by atoms with van der Waals surface area (Å²) < 4.78 is 13.8. The van der Waals surface area contributed by atoms with E-state index in [4.69, 9.17) is 5.73 Å². The highest BCUT2D eigenvalue weighted by Gasteiger charge is 2.20. The van der Waals surface area contributed by atoms with Crippen LogP contribution in [0.5, 0.6) is 0 Å². The molecular weight excluding hydrogens is 389 g/mol. The number of thiophene rings is 1. The maximum atomic E-state index is 13.8. The van der Waals surface area contributed by atoms with Crippen molar-refractivity contribution in [1.82, 2.24) is 20.5 Å². The summed E-state index contributed by atoms with van der Waals surface area (Å²) in [6, 6.07) is 10.8. The van der Waals surface area contributed by atoms with Gasteiger partial charge in [-0.3, -0.25) is 5.32 Å². The zero-order valence-corrected chi connectivity index (χ0v) is 16.8. The van der Waals surface area contributed by atoms with E-state index in [0.29, 0.717) is 27.5 Å². The summed E-state index contributed by atoms with van der Waals surface area (Å²) in [5, 5.41) is 22.8. The molecule has 29 heavy (non-hydrogen) atoms. The highest BCUT2D eigenvalue weighted by Crippen LogP contribution is 2.37. The van der Waals surface area contributed by atoms with E-state index in [0.717, 1.165) is 27.8 Å². The Morgan fingerprint density at radius 3 is 2.66 bits per heavy atom. The second kappa shape index (κ2) is 7.82. The first-order chi connectivity index (χ1) is 14.0. The van der Waals surface area contributed by atoms with Gasteiger partial charge in [0.15, 0.2) is 0 Å². The molecule has 3 heterocycles. The molecular formula is C21H20FN5OS. The number of benzene rings is 1. The van der Waals surface area contributed by atoms with E-state index < -0.39 is 12.2 Å². The summed E-state index contributed by atoms with van der Waals surface area (Å²) in [5.41, 5.74) is 10.8. The SMILES string of the molecule is Cc1nnc2sc(C(O)NCc3ccc(-c4cccnc4F)cc3)c(N)c2c1C. The average Bonchev–Trinajstić information content (AvgIpc) is 3.07. The molecule has 0 aliphatic carbocycles. The number of nitrogens with two attached hydrogens (primary N) is 1. The molecule has 0 radical (unpaired) electrons. The van der Waals surface area contributed by atoms with E-state index in [1.807, 2.05) is 38.1 Å². The van der Waals surface area contributed by atoms with Crippen LogP contribution in [0.4, 0.5) is 10.1 Å². The summed E-state index contributed by atoms with van der Waals surface area (Å²) in [4.78, 5) is 5.01. The number of halogens is 1. The van der Waals surface area contributed by atoms with Gasteiger partial charge in [-0.15, -0.1) is 16.4 Å². The number of anilines is 1. The van der Waals surface area contributed by atoms with Gasteiger partial charge in [0.2, 0.25) is 5.95 Å². The van der Waals surface area contributed by atoms with Crippen molar-refractivity contribution in [2.75, 3.05) is 5.73 Å². The second-order valence-corrected chi connectivity index (χ2v) is 7.82. The predicted molar refractivity (Wildman–Crippen MR) is 113 cm³/mol. The van der Waals surface area contributed by atoms with Crippen molar-refractivity contribution in [1.29, 1.82) is 0 Å². The molecule has 0 aliphatic heterocycles. The van der Waals surface area contributed by atoms with E-state index in [-0.39, 0.29) is 0 Å². The number of nitrogens with one attached hydrogen (secondary N) is 1. The minimum absolute atomic E-state index is 0.425. The molecule has 0 saturated carbocycles. The summed E-state index contributed by atoms with van der Waals surface area (Å²) >= 11 is 1.33. The van der Waals surface area contributed by atoms with Crippen LogP contribution in [0.25, 0.3) is 21.3 Å². The summed E-state index contributed by atoms with van der Waals surface area (Å²) in [7, 11) is 0. The number of pyridine rings is 1. The molecule has 0 aliphatic rings. The van der Waals surface area contributed by atoms with Crippen LogP contribution < -0.4 is 11.1 Å². The Bertz CT molecular complexity index is 1180. The number of aryl methyl sites for hydroxylation is 2. The summed E-state index contributed by atoms with van der Waals surface area (Å²) in [5.74, 6) is -0.498. The lowest BCUT2D eigenvalue weighted by molar-refractivity contribution is 0.141. The van der Waals surface area contributed by atoms with Crippen molar-refractivity contribution >= 4 is 27.2 Å². The van der Waals surface area contributed by atoms with Crippen molar-refractivity contribution in [3.8, 4) is 11.1 Å². The molecule has 0 saturated heterocycles. The molecule has 0 spiro atoms. The fourth-order valence-electron chi connectivity index (χ4n) is 3.17. The van der Waals surface area contributed by atoms with Crippen LogP contribution in [-0.4, -0.2) is 20.3 Å². The van der Waals surface area contributed by atoms with Gasteiger partial charge >= 0.3 is 0 Å². The van der Waals surface area contributed by atoms with E-state index in [9.17, 15) is 9.50 Å². The standard InChI is InChI=1S/C21H20FN5OS/c1-11-12(2)26-27-21-16(11)17(23)18(29-21)20(28)25-10-13-5-7-14(8-6-13)15-4-3-9-24-19(15)22/h3-9,20,25,28H,10,23H2,1-2H3. The third-order valence-corrected chi connectivity index (χ3v) is 6.08. The van der Waals surface area contributed by atoms with Crippen LogP contribution in [0.3, 0.4) is 0 Å². The maximum Gasteiger partial charge on any atom is 0.220 e. The molecule has 4 N–H and O–H groups in total. The Balaban J connectivity index is 1.49. The lowest BCUT2D eigenvalue weighted by Gasteiger charge is -2.13. The van der Waals surface area contributed by atoms with E-state index in [1.165, 1.54) is 17.5 Å². The molecule has 1 atom stereocenters. The lowest BCUT2D eigenvalue weighted by Crippen LogP contribution is -2.20. The Labute approximate surface area is 171 Å². The average molecular weight is 409 g/mol. The summed E-state index contributed by atoms with van der Waals surface area (Å²) in [6.07, 6.45) is 0.497. The number of fused-ring (bicyclic) bond motifs is 1. The van der Waals surface area contributed by atoms with Gasteiger partial charge in [0.25, 0.3) is 0 Å². The van der Waals surface area contributed by atoms with Crippen LogP contribution in [-0.2, 0) is 6.54 Å². The van der Waals surface area contributed by atoms with Gasteiger partial charge in [0.1, 0.15) is 11.1 Å². The predicted octanol–water partition coefficient (Wildman–Crippen LogP) is 3.87. The van der Waals surface area contributed by atoms with Gasteiger partial charge in [-0.2, -0.15) is 9.49 Å². The Kier molecular flexibility index (Phi) is 5.23. The number of hydrogen-bond acceptors (Lipinski definition) is 7. The smallest absolute Gasteiger partial charge is 0.220 e. The quantitative estimate of drug-likeness (QED) is 0.342. The van der Waals surface area contributed by atoms with Crippen molar-refractivity contribution < 1.29 is 9.50 Å². The number of aliphatic hydroxyl groups is 1. The van der Waals surface area contributed by atoms with Crippen molar-refractivity contribution in [2.24, 2.45) is 0 Å². The molecule has 4 aromatic rings. The van der Waals surface area contributed by atoms with Gasteiger partial charge < -0.3 is 10.8 Å². The van der Waals surface area contributed by atoms with Crippen LogP contribution in [0.15, 0.2) is 42.6 Å². The van der Waals surface area contributed by atoms with Gasteiger partial charge in [-0.25, -0.2) is 4.98 Å². The molecule has 1 aromatic carbocycles. The molecule has 3 aromatic heterocycles. The largest absolute Gasteiger partial charge is 0.397 e. The van der Waals surface area contributed by atoms with Crippen molar-refractivity contribution in [3.05, 3.63) is 70.2 Å². The molecule has 8 heteroatoms. The fraction of sp³-hybridized carbons (Fsp3) is 0.190. The van der Waals surface area contributed by atoms with Crippen LogP contribution in [0, 0.1) is 19.8 Å². The van der Waals surface area contributed by atoms with Gasteiger partial charge in [0.05, 0.1) is 16.3 Å². The Morgan fingerprint density at radius 1 is 1.17 bits per heavy atom. The Hall–Kier alpha value is -2.94. The third kappa shape index (κ3) is 3.69. The van der Waals surface area contributed by atoms with Crippen LogP contribution in [0.1, 0.15) is 27.9 Å². The van der Waals surface area contributed by atoms with Gasteiger partial charge in [-0.1, -0.05) is 24.3 Å². The summed E-state index contributed by atoms with van der Waals surface area (Å²) in [6.45, 7) is 4.26. The molecule has 148 valence electrons. The molecule has 4 rings (SSSR count). The Morgan fingerprint density at radius 2 is 1.93 bits per heavy atom. The maximum absolute atomic E-state index is 13.8. The molecule has 0 amide bonds. The van der Waals surface area contributed by atoms with Crippen LogP contribution >= 0.6 is 11.3 Å². The topological polar surface area (TPSA) is 97.0 Å². The first-order valence-corrected chi connectivity index (χ1v) is 9.90. The second-order valence-electron chi connectivity index (χ2n) is 6.79. The molecule has 0 fully saturated rings. The number of rotatable bonds is 5. The molecule has 1 unspecified atom stereocenters. The van der Waals surface area contributed by atoms with E-state index in [1.54, 1.807) is 12.1 Å². The van der Waals surface area contributed by atoms with E-state index >= 15 is 0 Å². The minimum Gasteiger partial charge on any atom is -0.397 e. The van der Waals surface area contributed by atoms with Gasteiger partial charge in [0, 0.05) is 23.7 Å². The van der Waals surface area contributed by atoms with Crippen molar-refractivity contribution in [3.63, 3.8) is 0 Å². The first kappa shape index (κ1) is 19.4. The normalized spacial score (nSPS) is 12.4. The molecule has 0 bridgehead atoms. The number of aromatic nitrogens is 3. The van der Waals surface area contributed by atoms with E-state index in [2.05, 4.69) is 20.5 Å². The number of nitrogens with zero attached hydrogens (tertiary/aromatic N) is 3.